The number of carbonyl (C=O) groups excluding carboxylic acids is 1. The molecule has 0 aliphatic heterocycles. The Balaban J connectivity index is 2.50. The standard InChI is InChI=1S/C13H15NOS2/c1-7(2)8-4-9-11(6-14)17-13(16-3)12(9)10(15)5-8/h7-8H,4-5H2,1-3H3/t8-/m0/s1. The van der Waals surface area contributed by atoms with Crippen molar-refractivity contribution in [3.05, 3.63) is 16.0 Å². The van der Waals surface area contributed by atoms with E-state index in [1.54, 1.807) is 11.8 Å². The minimum Gasteiger partial charge on any atom is -0.294 e. The van der Waals surface area contributed by atoms with E-state index in [-0.39, 0.29) is 5.78 Å². The summed E-state index contributed by atoms with van der Waals surface area (Å²) in [7, 11) is 0. The molecule has 1 atom stereocenters. The van der Waals surface area contributed by atoms with Crippen molar-refractivity contribution in [2.24, 2.45) is 11.8 Å². The summed E-state index contributed by atoms with van der Waals surface area (Å²) >= 11 is 3.05. The van der Waals surface area contributed by atoms with Gasteiger partial charge >= 0.3 is 0 Å². The summed E-state index contributed by atoms with van der Waals surface area (Å²) in [4.78, 5) is 12.9. The molecule has 0 saturated carbocycles. The van der Waals surface area contributed by atoms with Crippen molar-refractivity contribution in [2.45, 2.75) is 30.9 Å². The molecule has 1 aromatic heterocycles. The van der Waals surface area contributed by atoms with E-state index < -0.39 is 0 Å². The van der Waals surface area contributed by atoms with E-state index in [9.17, 15) is 4.79 Å². The van der Waals surface area contributed by atoms with Crippen LogP contribution in [0.4, 0.5) is 0 Å². The van der Waals surface area contributed by atoms with Gasteiger partial charge in [0, 0.05) is 12.0 Å². The summed E-state index contributed by atoms with van der Waals surface area (Å²) in [5, 5.41) is 9.15. The maximum absolute atomic E-state index is 12.2. The average Bonchev–Trinajstić information content (AvgIpc) is 2.67. The van der Waals surface area contributed by atoms with Crippen LogP contribution in [-0.4, -0.2) is 12.0 Å². The number of rotatable bonds is 2. The quantitative estimate of drug-likeness (QED) is 0.765. The normalized spacial score (nSPS) is 19.2. The zero-order valence-electron chi connectivity index (χ0n) is 10.2. The number of carbonyl (C=O) groups is 1. The van der Waals surface area contributed by atoms with Crippen LogP contribution in [0.3, 0.4) is 0 Å². The number of thioether (sulfide) groups is 1. The van der Waals surface area contributed by atoms with Crippen molar-refractivity contribution in [2.75, 3.05) is 6.26 Å². The number of ketones is 1. The van der Waals surface area contributed by atoms with Crippen molar-refractivity contribution in [1.29, 1.82) is 5.26 Å². The Hall–Kier alpha value is -0.790. The first kappa shape index (κ1) is 12.7. The summed E-state index contributed by atoms with van der Waals surface area (Å²) < 4.78 is 1.02. The lowest BCUT2D eigenvalue weighted by Crippen LogP contribution is -2.23. The molecule has 2 rings (SSSR count). The summed E-state index contributed by atoms with van der Waals surface area (Å²) in [5.74, 6) is 1.12. The van der Waals surface area contributed by atoms with E-state index >= 15 is 0 Å². The van der Waals surface area contributed by atoms with Gasteiger partial charge in [-0.1, -0.05) is 13.8 Å². The van der Waals surface area contributed by atoms with Crippen molar-refractivity contribution in [3.63, 3.8) is 0 Å². The molecule has 1 heterocycles. The number of nitrogens with zero attached hydrogens (tertiary/aromatic N) is 1. The van der Waals surface area contributed by atoms with Gasteiger partial charge < -0.3 is 0 Å². The van der Waals surface area contributed by atoms with Crippen molar-refractivity contribution >= 4 is 28.9 Å². The second-order valence-corrected chi connectivity index (χ2v) is 6.82. The second-order valence-electron chi connectivity index (χ2n) is 4.72. The highest BCUT2D eigenvalue weighted by molar-refractivity contribution is 8.00. The monoisotopic (exact) mass is 265 g/mol. The first-order valence-electron chi connectivity index (χ1n) is 5.71. The number of Topliss-reactive ketones (excluding diaryl/α,β-unsaturated/α-hetero) is 1. The Bertz CT molecular complexity index is 496. The predicted octanol–water partition coefficient (Wildman–Crippen LogP) is 3.74. The Kier molecular flexibility index (Phi) is 3.60. The Morgan fingerprint density at radius 1 is 1.47 bits per heavy atom. The van der Waals surface area contributed by atoms with Gasteiger partial charge in [0.2, 0.25) is 0 Å². The molecule has 17 heavy (non-hydrogen) atoms. The molecule has 1 aliphatic carbocycles. The van der Waals surface area contributed by atoms with Crippen LogP contribution in [0.5, 0.6) is 0 Å². The third-order valence-electron chi connectivity index (χ3n) is 3.40. The van der Waals surface area contributed by atoms with Crippen LogP contribution in [0.2, 0.25) is 0 Å². The van der Waals surface area contributed by atoms with Gasteiger partial charge in [0.05, 0.1) is 4.21 Å². The number of thiophene rings is 1. The van der Waals surface area contributed by atoms with Gasteiger partial charge in [-0.25, -0.2) is 0 Å². The Labute approximate surface area is 110 Å². The molecule has 0 amide bonds. The topological polar surface area (TPSA) is 40.9 Å². The molecule has 1 aliphatic rings. The van der Waals surface area contributed by atoms with Gasteiger partial charge in [0.25, 0.3) is 0 Å². The van der Waals surface area contributed by atoms with E-state index in [4.69, 9.17) is 5.26 Å². The molecule has 0 spiro atoms. The Morgan fingerprint density at radius 2 is 2.18 bits per heavy atom. The van der Waals surface area contributed by atoms with E-state index in [1.165, 1.54) is 11.3 Å². The lowest BCUT2D eigenvalue weighted by Gasteiger charge is -2.25. The molecule has 1 aromatic rings. The molecular formula is C13H15NOS2. The molecule has 4 heteroatoms. The van der Waals surface area contributed by atoms with Gasteiger partial charge in [-0.15, -0.1) is 23.1 Å². The zero-order chi connectivity index (χ0) is 12.6. The zero-order valence-corrected chi connectivity index (χ0v) is 11.9. The van der Waals surface area contributed by atoms with Crippen LogP contribution in [0, 0.1) is 23.2 Å². The summed E-state index contributed by atoms with van der Waals surface area (Å²) in [6.07, 6.45) is 3.49. The third-order valence-corrected chi connectivity index (χ3v) is 5.65. The molecular weight excluding hydrogens is 250 g/mol. The molecule has 0 unspecified atom stereocenters. The predicted molar refractivity (Wildman–Crippen MR) is 71.8 cm³/mol. The minimum atomic E-state index is 0.229. The van der Waals surface area contributed by atoms with Crippen LogP contribution in [0.1, 0.15) is 41.1 Å². The maximum Gasteiger partial charge on any atom is 0.165 e. The molecule has 0 aromatic carbocycles. The van der Waals surface area contributed by atoms with Crippen molar-refractivity contribution in [3.8, 4) is 6.07 Å². The van der Waals surface area contributed by atoms with Crippen molar-refractivity contribution < 1.29 is 4.79 Å². The summed E-state index contributed by atoms with van der Waals surface area (Å²) in [6.45, 7) is 4.30. The van der Waals surface area contributed by atoms with Crippen LogP contribution >= 0.6 is 23.1 Å². The van der Waals surface area contributed by atoms with Crippen LogP contribution in [-0.2, 0) is 6.42 Å². The summed E-state index contributed by atoms with van der Waals surface area (Å²) in [6, 6.07) is 2.24. The SMILES string of the molecule is CSc1sc(C#N)c2c1C(=O)C[C@@H](C(C)C)C2. The second kappa shape index (κ2) is 4.83. The number of hydrogen-bond donors (Lipinski definition) is 0. The third kappa shape index (κ3) is 2.14. The van der Waals surface area contributed by atoms with Crippen LogP contribution in [0.15, 0.2) is 4.21 Å². The minimum absolute atomic E-state index is 0.229. The highest BCUT2D eigenvalue weighted by Gasteiger charge is 2.32. The molecule has 2 nitrogen and oxygen atoms in total. The highest BCUT2D eigenvalue weighted by atomic mass is 32.2. The average molecular weight is 265 g/mol. The van der Waals surface area contributed by atoms with E-state index in [2.05, 4.69) is 19.9 Å². The number of nitriles is 1. The van der Waals surface area contributed by atoms with E-state index in [0.717, 1.165) is 26.6 Å². The first-order valence-corrected chi connectivity index (χ1v) is 7.75. The molecule has 0 N–H and O–H groups in total. The van der Waals surface area contributed by atoms with Gasteiger partial charge in [0.1, 0.15) is 10.9 Å². The van der Waals surface area contributed by atoms with Gasteiger partial charge in [-0.05, 0) is 30.1 Å². The lowest BCUT2D eigenvalue weighted by molar-refractivity contribution is 0.0931. The highest BCUT2D eigenvalue weighted by Crippen LogP contribution is 2.41. The lowest BCUT2D eigenvalue weighted by atomic mass is 9.78. The fourth-order valence-corrected chi connectivity index (χ4v) is 4.20. The molecule has 0 bridgehead atoms. The fraction of sp³-hybridized carbons (Fsp3) is 0.538. The van der Waals surface area contributed by atoms with Crippen LogP contribution < -0.4 is 0 Å². The fourth-order valence-electron chi connectivity index (χ4n) is 2.30. The van der Waals surface area contributed by atoms with Gasteiger partial charge in [-0.2, -0.15) is 5.26 Å². The molecule has 0 radical (unpaired) electrons. The molecule has 0 fully saturated rings. The first-order chi connectivity index (χ1) is 8.08. The van der Waals surface area contributed by atoms with Crippen LogP contribution in [0.25, 0.3) is 0 Å². The molecule has 90 valence electrons. The number of hydrogen-bond acceptors (Lipinski definition) is 4. The van der Waals surface area contributed by atoms with Crippen molar-refractivity contribution in [1.82, 2.24) is 0 Å². The maximum atomic E-state index is 12.2. The van der Waals surface area contributed by atoms with Gasteiger partial charge in [-0.3, -0.25) is 4.79 Å². The smallest absolute Gasteiger partial charge is 0.165 e. The van der Waals surface area contributed by atoms with Gasteiger partial charge in [0.15, 0.2) is 5.78 Å². The number of fused-ring (bicyclic) bond motifs is 1. The summed E-state index contributed by atoms with van der Waals surface area (Å²) in [5.41, 5.74) is 1.85. The molecule has 0 saturated heterocycles. The largest absolute Gasteiger partial charge is 0.294 e. The van der Waals surface area contributed by atoms with E-state index in [1.807, 2.05) is 6.26 Å². The van der Waals surface area contributed by atoms with E-state index in [0.29, 0.717) is 18.3 Å². The Morgan fingerprint density at radius 3 is 2.71 bits per heavy atom.